The molecule has 2 N–H and O–H groups in total. The number of nitrogens with one attached hydrogen (secondary N) is 2. The zero-order valence-electron chi connectivity index (χ0n) is 18.1. The maximum absolute atomic E-state index is 11.6. The van der Waals surface area contributed by atoms with Crippen molar-refractivity contribution < 1.29 is 9.53 Å². The van der Waals surface area contributed by atoms with Crippen LogP contribution in [0.3, 0.4) is 0 Å². The molecule has 1 unspecified atom stereocenters. The molecule has 1 saturated heterocycles. The lowest BCUT2D eigenvalue weighted by atomic mass is 10.1. The summed E-state index contributed by atoms with van der Waals surface area (Å²) < 4.78 is 6.38. The van der Waals surface area contributed by atoms with Gasteiger partial charge >= 0.3 is 0 Å². The second-order valence-corrected chi connectivity index (χ2v) is 8.08. The molecule has 0 radical (unpaired) electrons. The highest BCUT2D eigenvalue weighted by molar-refractivity contribution is 5.87. The van der Waals surface area contributed by atoms with Crippen molar-refractivity contribution in [2.75, 3.05) is 18.4 Å². The second-order valence-electron chi connectivity index (χ2n) is 8.08. The van der Waals surface area contributed by atoms with Gasteiger partial charge in [0.1, 0.15) is 17.9 Å². The number of anilines is 1. The predicted molar refractivity (Wildman–Crippen MR) is 121 cm³/mol. The fourth-order valence-electron chi connectivity index (χ4n) is 4.09. The van der Waals surface area contributed by atoms with Crippen molar-refractivity contribution in [2.24, 2.45) is 0 Å². The van der Waals surface area contributed by atoms with Crippen LogP contribution in [0.4, 0.5) is 5.82 Å². The number of pyridine rings is 1. The smallest absolute Gasteiger partial charge is 0.221 e. The Kier molecular flexibility index (Phi) is 5.30. The Balaban J connectivity index is 1.41. The zero-order valence-corrected chi connectivity index (χ0v) is 18.1. The number of benzene rings is 1. The lowest BCUT2D eigenvalue weighted by Crippen LogP contribution is -2.40. The van der Waals surface area contributed by atoms with E-state index in [9.17, 15) is 4.79 Å². The number of imidazole rings is 1. The van der Waals surface area contributed by atoms with Crippen LogP contribution >= 0.6 is 0 Å². The van der Waals surface area contributed by atoms with Crippen LogP contribution in [0.1, 0.15) is 38.4 Å². The number of amides is 1. The van der Waals surface area contributed by atoms with E-state index in [0.717, 1.165) is 29.3 Å². The number of rotatable bonds is 5. The molecular weight excluding hydrogens is 406 g/mol. The molecule has 1 atom stereocenters. The highest BCUT2D eigenvalue weighted by Crippen LogP contribution is 2.30. The first-order chi connectivity index (χ1) is 15.6. The van der Waals surface area contributed by atoms with Gasteiger partial charge in [0, 0.05) is 38.2 Å². The summed E-state index contributed by atoms with van der Waals surface area (Å²) in [6.07, 6.45) is 4.74. The van der Waals surface area contributed by atoms with Crippen LogP contribution in [0.15, 0.2) is 43.0 Å². The molecule has 4 heterocycles. The number of likely N-dealkylation sites (tertiary alicyclic amines) is 1. The molecular formula is C23H25N7O2. The summed E-state index contributed by atoms with van der Waals surface area (Å²) in [6.45, 7) is 5.07. The van der Waals surface area contributed by atoms with Gasteiger partial charge in [0.15, 0.2) is 11.5 Å². The van der Waals surface area contributed by atoms with Crippen LogP contribution in [-0.4, -0.2) is 54.9 Å². The monoisotopic (exact) mass is 431 g/mol. The van der Waals surface area contributed by atoms with Crippen molar-refractivity contribution in [3.63, 3.8) is 0 Å². The molecule has 0 aliphatic carbocycles. The summed E-state index contributed by atoms with van der Waals surface area (Å²) in [6, 6.07) is 10.0. The number of hydrogen-bond donors (Lipinski definition) is 2. The van der Waals surface area contributed by atoms with Gasteiger partial charge in [-0.2, -0.15) is 0 Å². The number of carbonyl (C=O) groups excluding carboxylic acids is 1. The number of aromatic nitrogens is 5. The minimum atomic E-state index is -0.128. The minimum Gasteiger partial charge on any atom is -0.474 e. The molecule has 164 valence electrons. The first kappa shape index (κ1) is 20.2. The van der Waals surface area contributed by atoms with E-state index in [-0.39, 0.29) is 18.1 Å². The highest BCUT2D eigenvalue weighted by atomic mass is 16.5. The van der Waals surface area contributed by atoms with Crippen LogP contribution in [0.5, 0.6) is 5.88 Å². The molecule has 3 aromatic heterocycles. The maximum atomic E-state index is 11.6. The first-order valence-electron chi connectivity index (χ1n) is 10.8. The van der Waals surface area contributed by atoms with Gasteiger partial charge < -0.3 is 19.9 Å². The van der Waals surface area contributed by atoms with Crippen LogP contribution in [0, 0.1) is 0 Å². The van der Waals surface area contributed by atoms with E-state index in [1.807, 2.05) is 30.0 Å². The molecule has 9 heteroatoms. The SMILES string of the molecule is CC(=O)N1CCC(Oc2nc(C(C)Nc3ncnc4[nH]cnc34)cc3ccccc23)CC1. The van der Waals surface area contributed by atoms with E-state index in [0.29, 0.717) is 36.0 Å². The number of ether oxygens (including phenoxy) is 1. The van der Waals surface area contributed by atoms with Gasteiger partial charge in [0.05, 0.1) is 18.1 Å². The number of carbonyl (C=O) groups is 1. The molecule has 1 aliphatic heterocycles. The second kappa shape index (κ2) is 8.41. The van der Waals surface area contributed by atoms with Crippen molar-refractivity contribution in [2.45, 2.75) is 38.8 Å². The number of fused-ring (bicyclic) bond motifs is 2. The van der Waals surface area contributed by atoms with Crippen LogP contribution in [-0.2, 0) is 4.79 Å². The molecule has 0 spiro atoms. The Morgan fingerprint density at radius 2 is 2.03 bits per heavy atom. The summed E-state index contributed by atoms with van der Waals surface area (Å²) in [7, 11) is 0. The summed E-state index contributed by atoms with van der Waals surface area (Å²) >= 11 is 0. The topological polar surface area (TPSA) is 109 Å². The van der Waals surface area contributed by atoms with Gasteiger partial charge in [-0.15, -0.1) is 0 Å². The van der Waals surface area contributed by atoms with Gasteiger partial charge in [-0.3, -0.25) is 4.79 Å². The Morgan fingerprint density at radius 3 is 2.84 bits per heavy atom. The Labute approximate surface area is 185 Å². The number of H-pyrrole nitrogens is 1. The summed E-state index contributed by atoms with van der Waals surface area (Å²) in [5.41, 5.74) is 2.22. The van der Waals surface area contributed by atoms with E-state index in [1.165, 1.54) is 6.33 Å². The normalized spacial score (nSPS) is 15.8. The third-order valence-electron chi connectivity index (χ3n) is 5.90. The van der Waals surface area contributed by atoms with Crippen molar-refractivity contribution in [3.05, 3.63) is 48.7 Å². The van der Waals surface area contributed by atoms with Crippen LogP contribution in [0.2, 0.25) is 0 Å². The predicted octanol–water partition coefficient (Wildman–Crippen LogP) is 3.46. The van der Waals surface area contributed by atoms with Gasteiger partial charge in [-0.25, -0.2) is 19.9 Å². The largest absolute Gasteiger partial charge is 0.474 e. The fourth-order valence-corrected chi connectivity index (χ4v) is 4.09. The standard InChI is InChI=1S/C23H25N7O2/c1-14(28-22-20-21(25-12-24-20)26-13-27-22)19-11-16-5-3-4-6-18(16)23(29-19)32-17-7-9-30(10-8-17)15(2)31/h3-6,11-14,17H,7-10H2,1-2H3,(H2,24,25,26,27,28). The van der Waals surface area contributed by atoms with E-state index in [4.69, 9.17) is 9.72 Å². The van der Waals surface area contributed by atoms with E-state index in [1.54, 1.807) is 13.3 Å². The average molecular weight is 432 g/mol. The average Bonchev–Trinajstić information content (AvgIpc) is 3.29. The molecule has 0 bridgehead atoms. The molecule has 1 aliphatic rings. The quantitative estimate of drug-likeness (QED) is 0.498. The number of aromatic amines is 1. The van der Waals surface area contributed by atoms with Gasteiger partial charge in [-0.05, 0) is 24.4 Å². The van der Waals surface area contributed by atoms with Crippen molar-refractivity contribution in [1.29, 1.82) is 0 Å². The van der Waals surface area contributed by atoms with E-state index >= 15 is 0 Å². The van der Waals surface area contributed by atoms with Crippen molar-refractivity contribution in [3.8, 4) is 5.88 Å². The Hall–Kier alpha value is -3.75. The summed E-state index contributed by atoms with van der Waals surface area (Å²) in [5, 5.41) is 5.45. The van der Waals surface area contributed by atoms with Gasteiger partial charge in [0.25, 0.3) is 0 Å². The molecule has 1 fully saturated rings. The van der Waals surface area contributed by atoms with E-state index in [2.05, 4.69) is 37.4 Å². The van der Waals surface area contributed by atoms with Crippen LogP contribution < -0.4 is 10.1 Å². The van der Waals surface area contributed by atoms with Crippen LogP contribution in [0.25, 0.3) is 21.9 Å². The first-order valence-corrected chi connectivity index (χ1v) is 10.8. The Morgan fingerprint density at radius 1 is 1.22 bits per heavy atom. The fraction of sp³-hybridized carbons (Fsp3) is 0.348. The summed E-state index contributed by atoms with van der Waals surface area (Å²) in [4.78, 5) is 34.2. The lowest BCUT2D eigenvalue weighted by molar-refractivity contribution is -0.130. The molecule has 1 amide bonds. The molecule has 4 aromatic rings. The number of nitrogens with zero attached hydrogens (tertiary/aromatic N) is 5. The third kappa shape index (κ3) is 3.93. The zero-order chi connectivity index (χ0) is 22.1. The molecule has 5 rings (SSSR count). The number of piperidine rings is 1. The maximum Gasteiger partial charge on any atom is 0.221 e. The molecule has 1 aromatic carbocycles. The van der Waals surface area contributed by atoms with Gasteiger partial charge in [-0.1, -0.05) is 18.2 Å². The highest BCUT2D eigenvalue weighted by Gasteiger charge is 2.23. The molecule has 9 nitrogen and oxygen atoms in total. The summed E-state index contributed by atoms with van der Waals surface area (Å²) in [5.74, 6) is 1.39. The number of hydrogen-bond acceptors (Lipinski definition) is 7. The van der Waals surface area contributed by atoms with Crippen molar-refractivity contribution >= 4 is 33.7 Å². The Bertz CT molecular complexity index is 1260. The van der Waals surface area contributed by atoms with E-state index < -0.39 is 0 Å². The third-order valence-corrected chi connectivity index (χ3v) is 5.90. The lowest BCUT2D eigenvalue weighted by Gasteiger charge is -2.31. The van der Waals surface area contributed by atoms with Crippen molar-refractivity contribution in [1.82, 2.24) is 29.8 Å². The minimum absolute atomic E-state index is 0.0329. The molecule has 0 saturated carbocycles. The van der Waals surface area contributed by atoms with Gasteiger partial charge in [0.2, 0.25) is 11.8 Å². The molecule has 32 heavy (non-hydrogen) atoms.